The third kappa shape index (κ3) is 4.76. The average molecular weight is 391 g/mol. The van der Waals surface area contributed by atoms with E-state index in [0.29, 0.717) is 16.5 Å². The number of carbonyl (C=O) groups is 1. The maximum atomic E-state index is 11.0. The molecule has 21 heavy (non-hydrogen) atoms. The number of carbonyl (C=O) groups excluding carboxylic acids is 1. The predicted molar refractivity (Wildman–Crippen MR) is 84.9 cm³/mol. The summed E-state index contributed by atoms with van der Waals surface area (Å²) in [6.45, 7) is 0. The van der Waals surface area contributed by atoms with Crippen LogP contribution in [0.4, 0.5) is 10.5 Å². The minimum atomic E-state index is -0.449. The fraction of sp³-hybridized carbons (Fsp3) is 0.0833. The third-order valence-electron chi connectivity index (χ3n) is 2.15. The lowest BCUT2D eigenvalue weighted by Gasteiger charge is -2.08. The van der Waals surface area contributed by atoms with E-state index in [-0.39, 0.29) is 6.01 Å². The lowest BCUT2D eigenvalue weighted by atomic mass is 10.3. The van der Waals surface area contributed by atoms with Crippen LogP contribution in [-0.4, -0.2) is 22.4 Å². The summed E-state index contributed by atoms with van der Waals surface area (Å²) < 4.78 is 13.5. The fourth-order valence-corrected chi connectivity index (χ4v) is 2.08. The molecule has 2 aromatic rings. The molecule has 0 spiro atoms. The minimum Gasteiger partial charge on any atom is -0.460 e. The zero-order valence-electron chi connectivity index (χ0n) is 10.7. The Balaban J connectivity index is 2.05. The number of rotatable bonds is 4. The summed E-state index contributed by atoms with van der Waals surface area (Å²) in [6.07, 6.45) is 3.14. The van der Waals surface area contributed by atoms with Gasteiger partial charge in [-0.3, -0.25) is 0 Å². The van der Waals surface area contributed by atoms with Gasteiger partial charge in [-0.25, -0.2) is 14.8 Å². The number of nitrogens with one attached hydrogen (secondary N) is 1. The van der Waals surface area contributed by atoms with E-state index in [2.05, 4.69) is 35.4 Å². The highest BCUT2D eigenvalue weighted by Gasteiger charge is 2.08. The molecular formula is C12H9BrClN3O3S. The maximum Gasteiger partial charge on any atom is 0.387 e. The zero-order valence-corrected chi connectivity index (χ0v) is 13.8. The van der Waals surface area contributed by atoms with Gasteiger partial charge in [0.05, 0.1) is 28.6 Å². The van der Waals surface area contributed by atoms with Crippen molar-refractivity contribution in [2.24, 2.45) is 0 Å². The van der Waals surface area contributed by atoms with Crippen LogP contribution in [0.3, 0.4) is 0 Å². The summed E-state index contributed by atoms with van der Waals surface area (Å²) >= 11 is 10.1. The Labute approximate surface area is 138 Å². The van der Waals surface area contributed by atoms with Gasteiger partial charge in [-0.1, -0.05) is 11.6 Å². The standard InChI is InChI=1S/C12H9BrClN3O3S/c1-19-12(18)21-17-8-2-3-10(9(14)4-8)20-11-15-5-7(13)6-16-11/h2-6,17H,1H3. The van der Waals surface area contributed by atoms with E-state index in [1.807, 2.05) is 0 Å². The summed E-state index contributed by atoms with van der Waals surface area (Å²) in [6, 6.07) is 5.15. The minimum absolute atomic E-state index is 0.185. The molecule has 6 nitrogen and oxygen atoms in total. The Kier molecular flexibility index (Phi) is 5.66. The van der Waals surface area contributed by atoms with Gasteiger partial charge in [0.2, 0.25) is 0 Å². The maximum absolute atomic E-state index is 11.0. The molecule has 0 atom stereocenters. The zero-order chi connectivity index (χ0) is 15.2. The molecule has 1 aromatic heterocycles. The van der Waals surface area contributed by atoms with Crippen LogP contribution in [0.2, 0.25) is 5.02 Å². The van der Waals surface area contributed by atoms with Crippen molar-refractivity contribution in [3.05, 3.63) is 40.1 Å². The molecule has 1 aromatic carbocycles. The van der Waals surface area contributed by atoms with Crippen LogP contribution < -0.4 is 9.46 Å². The number of ether oxygens (including phenoxy) is 2. The molecule has 0 fully saturated rings. The number of aromatic nitrogens is 2. The second-order valence-electron chi connectivity index (χ2n) is 3.59. The summed E-state index contributed by atoms with van der Waals surface area (Å²) in [5, 5.41) is -0.0910. The molecule has 2 rings (SSSR count). The van der Waals surface area contributed by atoms with Gasteiger partial charge in [-0.05, 0) is 34.1 Å². The SMILES string of the molecule is COC(=O)SNc1ccc(Oc2ncc(Br)cn2)c(Cl)c1. The highest BCUT2D eigenvalue weighted by atomic mass is 79.9. The number of benzene rings is 1. The van der Waals surface area contributed by atoms with Crippen molar-refractivity contribution in [3.8, 4) is 11.8 Å². The number of nitrogens with zero attached hydrogens (tertiary/aromatic N) is 2. The van der Waals surface area contributed by atoms with Crippen LogP contribution in [0.1, 0.15) is 0 Å². The number of hydrogen-bond donors (Lipinski definition) is 1. The lowest BCUT2D eigenvalue weighted by molar-refractivity contribution is 0.200. The third-order valence-corrected chi connectivity index (χ3v) is 3.52. The van der Waals surface area contributed by atoms with E-state index in [4.69, 9.17) is 16.3 Å². The molecular weight excluding hydrogens is 382 g/mol. The first kappa shape index (κ1) is 15.9. The second-order valence-corrected chi connectivity index (χ2v) is 5.65. The average Bonchev–Trinajstić information content (AvgIpc) is 2.49. The van der Waals surface area contributed by atoms with Gasteiger partial charge in [-0.2, -0.15) is 0 Å². The van der Waals surface area contributed by atoms with Crippen LogP contribution >= 0.6 is 39.5 Å². The molecule has 110 valence electrons. The summed E-state index contributed by atoms with van der Waals surface area (Å²) in [5.41, 5.74) is 0.638. The molecule has 0 aliphatic rings. The topological polar surface area (TPSA) is 73.3 Å². The van der Waals surface area contributed by atoms with Crippen LogP contribution in [0.25, 0.3) is 0 Å². The van der Waals surface area contributed by atoms with E-state index in [1.54, 1.807) is 30.6 Å². The molecule has 0 amide bonds. The predicted octanol–water partition coefficient (Wildman–Crippen LogP) is 4.51. The Hall–Kier alpha value is -1.51. The van der Waals surface area contributed by atoms with Gasteiger partial charge in [-0.15, -0.1) is 0 Å². The molecule has 1 N–H and O–H groups in total. The quantitative estimate of drug-likeness (QED) is 0.608. The monoisotopic (exact) mass is 389 g/mol. The number of halogens is 2. The molecule has 9 heteroatoms. The van der Waals surface area contributed by atoms with Gasteiger partial charge < -0.3 is 14.2 Å². The highest BCUT2D eigenvalue weighted by molar-refractivity contribution is 9.10. The van der Waals surface area contributed by atoms with Gasteiger partial charge in [0, 0.05) is 18.1 Å². The molecule has 0 aliphatic carbocycles. The van der Waals surface area contributed by atoms with Crippen molar-refractivity contribution in [3.63, 3.8) is 0 Å². The highest BCUT2D eigenvalue weighted by Crippen LogP contribution is 2.31. The largest absolute Gasteiger partial charge is 0.460 e. The van der Waals surface area contributed by atoms with E-state index in [9.17, 15) is 4.79 Å². The Morgan fingerprint density at radius 1 is 1.38 bits per heavy atom. The van der Waals surface area contributed by atoms with Crippen LogP contribution in [0.15, 0.2) is 35.1 Å². The second kappa shape index (κ2) is 7.48. The van der Waals surface area contributed by atoms with Crippen molar-refractivity contribution < 1.29 is 14.3 Å². The van der Waals surface area contributed by atoms with Crippen LogP contribution in [-0.2, 0) is 4.74 Å². The first-order valence-electron chi connectivity index (χ1n) is 5.54. The van der Waals surface area contributed by atoms with Crippen molar-refractivity contribution in [1.29, 1.82) is 0 Å². The van der Waals surface area contributed by atoms with Crippen LogP contribution in [0, 0.1) is 0 Å². The summed E-state index contributed by atoms with van der Waals surface area (Å²) in [7, 11) is 1.30. The normalized spacial score (nSPS) is 10.0. The Morgan fingerprint density at radius 3 is 2.71 bits per heavy atom. The smallest absolute Gasteiger partial charge is 0.387 e. The molecule has 0 saturated heterocycles. The number of hydrogen-bond acceptors (Lipinski definition) is 7. The Bertz CT molecular complexity index is 642. The van der Waals surface area contributed by atoms with Gasteiger partial charge in [0.1, 0.15) is 5.75 Å². The van der Waals surface area contributed by atoms with Crippen molar-refractivity contribution in [2.45, 2.75) is 0 Å². The Morgan fingerprint density at radius 2 is 2.10 bits per heavy atom. The number of methoxy groups -OCH3 is 1. The first-order chi connectivity index (χ1) is 10.1. The molecule has 1 heterocycles. The van der Waals surface area contributed by atoms with E-state index < -0.39 is 5.30 Å². The summed E-state index contributed by atoms with van der Waals surface area (Å²) in [4.78, 5) is 19.0. The van der Waals surface area contributed by atoms with Crippen molar-refractivity contribution in [1.82, 2.24) is 9.97 Å². The molecule has 0 radical (unpaired) electrons. The van der Waals surface area contributed by atoms with Gasteiger partial charge in [0.15, 0.2) is 0 Å². The van der Waals surface area contributed by atoms with E-state index >= 15 is 0 Å². The van der Waals surface area contributed by atoms with Crippen molar-refractivity contribution >= 4 is 50.5 Å². The van der Waals surface area contributed by atoms with Gasteiger partial charge in [0.25, 0.3) is 0 Å². The van der Waals surface area contributed by atoms with Gasteiger partial charge >= 0.3 is 11.3 Å². The number of anilines is 1. The first-order valence-corrected chi connectivity index (χ1v) is 7.53. The molecule has 0 saturated carbocycles. The lowest BCUT2D eigenvalue weighted by Crippen LogP contribution is -1.97. The molecule has 0 bridgehead atoms. The summed E-state index contributed by atoms with van der Waals surface area (Å²) in [5.74, 6) is 0.410. The molecule has 0 unspecified atom stereocenters. The van der Waals surface area contributed by atoms with E-state index in [1.165, 1.54) is 7.11 Å². The van der Waals surface area contributed by atoms with E-state index in [0.717, 1.165) is 16.4 Å². The van der Waals surface area contributed by atoms with Crippen LogP contribution in [0.5, 0.6) is 11.8 Å². The van der Waals surface area contributed by atoms with Crippen molar-refractivity contribution in [2.75, 3.05) is 11.8 Å². The molecule has 0 aliphatic heterocycles. The fourth-order valence-electron chi connectivity index (χ4n) is 1.24.